The van der Waals surface area contributed by atoms with Crippen molar-refractivity contribution in [3.8, 4) is 0 Å². The summed E-state index contributed by atoms with van der Waals surface area (Å²) in [7, 11) is 0. The number of halogens is 2. The fourth-order valence-electron chi connectivity index (χ4n) is 2.86. The van der Waals surface area contributed by atoms with Crippen molar-refractivity contribution in [3.05, 3.63) is 46.7 Å². The van der Waals surface area contributed by atoms with Crippen LogP contribution >= 0.6 is 0 Å². The van der Waals surface area contributed by atoms with E-state index in [1.165, 1.54) is 11.0 Å². The molecule has 24 heavy (non-hydrogen) atoms. The molecule has 1 N–H and O–H groups in total. The van der Waals surface area contributed by atoms with Gasteiger partial charge in [-0.25, -0.2) is 18.4 Å². The van der Waals surface area contributed by atoms with Crippen LogP contribution < -0.4 is 5.32 Å². The third-order valence-corrected chi connectivity index (χ3v) is 3.83. The number of nitrogens with one attached hydrogen (secondary N) is 1. The molecule has 0 saturated heterocycles. The van der Waals surface area contributed by atoms with E-state index in [1.807, 2.05) is 0 Å². The summed E-state index contributed by atoms with van der Waals surface area (Å²) in [5.74, 6) is -2.39. The first-order valence-corrected chi connectivity index (χ1v) is 7.71. The van der Waals surface area contributed by atoms with Crippen LogP contribution in [0, 0.1) is 11.6 Å². The predicted molar refractivity (Wildman–Crippen MR) is 83.9 cm³/mol. The molecule has 130 valence electrons. The van der Waals surface area contributed by atoms with Gasteiger partial charge in [-0.05, 0) is 39.8 Å². The molecule has 0 saturated carbocycles. The summed E-state index contributed by atoms with van der Waals surface area (Å²) in [6.45, 7) is 6.86. The van der Waals surface area contributed by atoms with E-state index < -0.39 is 29.7 Å². The number of ether oxygens (including phenoxy) is 1. The topological polar surface area (TPSA) is 58.6 Å². The molecule has 1 aromatic rings. The summed E-state index contributed by atoms with van der Waals surface area (Å²) in [6.07, 6.45) is 0. The van der Waals surface area contributed by atoms with Crippen molar-refractivity contribution in [1.82, 2.24) is 10.2 Å². The Morgan fingerprint density at radius 2 is 1.92 bits per heavy atom. The number of rotatable bonds is 4. The molecule has 1 aliphatic heterocycles. The average molecular weight is 338 g/mol. The minimum atomic E-state index is -1.24. The zero-order chi connectivity index (χ0) is 18.0. The normalized spacial score (nSPS) is 18.0. The highest BCUT2D eigenvalue weighted by Gasteiger charge is 2.39. The van der Waals surface area contributed by atoms with E-state index >= 15 is 0 Å². The summed E-state index contributed by atoms with van der Waals surface area (Å²) in [5, 5.41) is 2.51. The summed E-state index contributed by atoms with van der Waals surface area (Å²) in [4.78, 5) is 26.1. The molecule has 1 heterocycles. The minimum absolute atomic E-state index is 0.0224. The maximum absolute atomic E-state index is 14.2. The van der Waals surface area contributed by atoms with Crippen LogP contribution in [0.4, 0.5) is 13.6 Å². The minimum Gasteiger partial charge on any atom is -0.463 e. The molecule has 5 nitrogen and oxygen atoms in total. The lowest BCUT2D eigenvalue weighted by Crippen LogP contribution is -2.50. The molecular formula is C17H20F2N2O3. The van der Waals surface area contributed by atoms with Crippen molar-refractivity contribution in [2.45, 2.75) is 39.8 Å². The Labute approximate surface area is 139 Å². The smallest absolute Gasteiger partial charge is 0.338 e. The second-order valence-corrected chi connectivity index (χ2v) is 5.70. The van der Waals surface area contributed by atoms with Gasteiger partial charge in [-0.3, -0.25) is 4.90 Å². The molecule has 0 bridgehead atoms. The molecule has 0 fully saturated rings. The molecule has 0 spiro atoms. The lowest BCUT2D eigenvalue weighted by atomic mass is 9.93. The Kier molecular flexibility index (Phi) is 5.21. The second kappa shape index (κ2) is 6.98. The number of esters is 1. The molecule has 1 aromatic carbocycles. The summed E-state index contributed by atoms with van der Waals surface area (Å²) < 4.78 is 33.4. The molecule has 0 aliphatic carbocycles. The first-order valence-electron chi connectivity index (χ1n) is 7.71. The Bertz CT molecular complexity index is 681. The number of carbonyl (C=O) groups is 2. The van der Waals surface area contributed by atoms with Gasteiger partial charge in [0.15, 0.2) is 0 Å². The van der Waals surface area contributed by atoms with Gasteiger partial charge >= 0.3 is 12.0 Å². The van der Waals surface area contributed by atoms with E-state index in [0.29, 0.717) is 5.70 Å². The number of allylic oxidation sites excluding steroid dienone is 1. The van der Waals surface area contributed by atoms with Crippen molar-refractivity contribution in [2.24, 2.45) is 0 Å². The third-order valence-electron chi connectivity index (χ3n) is 3.83. The van der Waals surface area contributed by atoms with Crippen LogP contribution in [0.25, 0.3) is 0 Å². The number of urea groups is 1. The Hall–Kier alpha value is -2.44. The Morgan fingerprint density at radius 3 is 2.42 bits per heavy atom. The molecule has 2 rings (SSSR count). The molecule has 7 heteroatoms. The van der Waals surface area contributed by atoms with Gasteiger partial charge in [0.2, 0.25) is 0 Å². The lowest BCUT2D eigenvalue weighted by Gasteiger charge is -2.37. The van der Waals surface area contributed by atoms with Gasteiger partial charge in [-0.15, -0.1) is 0 Å². The lowest BCUT2D eigenvalue weighted by molar-refractivity contribution is -0.139. The van der Waals surface area contributed by atoms with Crippen LogP contribution in [-0.2, 0) is 9.53 Å². The van der Waals surface area contributed by atoms with E-state index in [4.69, 9.17) is 4.74 Å². The summed E-state index contributed by atoms with van der Waals surface area (Å²) in [6, 6.07) is 1.38. The van der Waals surface area contributed by atoms with Crippen LogP contribution in [0.1, 0.15) is 39.3 Å². The van der Waals surface area contributed by atoms with Gasteiger partial charge in [0, 0.05) is 11.7 Å². The molecular weight excluding hydrogens is 318 g/mol. The summed E-state index contributed by atoms with van der Waals surface area (Å²) >= 11 is 0. The molecule has 0 aromatic heterocycles. The van der Waals surface area contributed by atoms with Crippen molar-refractivity contribution in [1.29, 1.82) is 0 Å². The van der Waals surface area contributed by atoms with E-state index in [1.54, 1.807) is 27.7 Å². The number of hydrogen-bond donors (Lipinski definition) is 1. The van der Waals surface area contributed by atoms with E-state index in [2.05, 4.69) is 5.32 Å². The Balaban J connectivity index is 2.65. The van der Waals surface area contributed by atoms with Crippen LogP contribution in [0.15, 0.2) is 29.5 Å². The van der Waals surface area contributed by atoms with Crippen molar-refractivity contribution >= 4 is 12.0 Å². The Morgan fingerprint density at radius 1 is 1.33 bits per heavy atom. The summed E-state index contributed by atoms with van der Waals surface area (Å²) in [5.41, 5.74) is -0.0364. The molecule has 0 unspecified atom stereocenters. The van der Waals surface area contributed by atoms with Crippen LogP contribution in [0.5, 0.6) is 0 Å². The highest BCUT2D eigenvalue weighted by atomic mass is 19.1. The number of hydrogen-bond acceptors (Lipinski definition) is 3. The van der Waals surface area contributed by atoms with Crippen LogP contribution in [-0.4, -0.2) is 29.5 Å². The predicted octanol–water partition coefficient (Wildman–Crippen LogP) is 3.28. The van der Waals surface area contributed by atoms with E-state index in [9.17, 15) is 18.4 Å². The van der Waals surface area contributed by atoms with Gasteiger partial charge < -0.3 is 10.1 Å². The first kappa shape index (κ1) is 17.9. The monoisotopic (exact) mass is 338 g/mol. The molecule has 1 atom stereocenters. The van der Waals surface area contributed by atoms with E-state index in [0.717, 1.165) is 12.1 Å². The SMILES string of the molecule is CCOC(=O)C1=C(C)N(C(C)C)C(=O)N[C@H]1c1c(F)cccc1F. The van der Waals surface area contributed by atoms with Gasteiger partial charge in [-0.2, -0.15) is 0 Å². The van der Waals surface area contributed by atoms with E-state index in [-0.39, 0.29) is 23.8 Å². The fourth-order valence-corrected chi connectivity index (χ4v) is 2.86. The number of nitrogens with zero attached hydrogens (tertiary/aromatic N) is 1. The zero-order valence-electron chi connectivity index (χ0n) is 14.0. The standard InChI is InChI=1S/C17H20F2N2O3/c1-5-24-16(22)13-10(4)21(9(2)3)17(23)20-15(13)14-11(18)7-6-8-12(14)19/h6-9,15H,5H2,1-4H3,(H,20,23)/t15-/m1/s1. The van der Waals surface area contributed by atoms with Gasteiger partial charge in [0.1, 0.15) is 11.6 Å². The quantitative estimate of drug-likeness (QED) is 0.857. The number of carbonyl (C=O) groups excluding carboxylic acids is 2. The largest absolute Gasteiger partial charge is 0.463 e. The fraction of sp³-hybridized carbons (Fsp3) is 0.412. The maximum atomic E-state index is 14.2. The second-order valence-electron chi connectivity index (χ2n) is 5.70. The van der Waals surface area contributed by atoms with Crippen molar-refractivity contribution < 1.29 is 23.1 Å². The van der Waals surface area contributed by atoms with Crippen LogP contribution in [0.2, 0.25) is 0 Å². The molecule has 1 aliphatic rings. The van der Waals surface area contributed by atoms with Gasteiger partial charge in [0.05, 0.1) is 23.8 Å². The maximum Gasteiger partial charge on any atom is 0.338 e. The van der Waals surface area contributed by atoms with Crippen LogP contribution in [0.3, 0.4) is 0 Å². The number of benzene rings is 1. The number of amides is 2. The average Bonchev–Trinajstić information content (AvgIpc) is 2.46. The third kappa shape index (κ3) is 3.11. The first-order chi connectivity index (χ1) is 11.3. The molecule has 0 radical (unpaired) electrons. The van der Waals surface area contributed by atoms with Gasteiger partial charge in [0.25, 0.3) is 0 Å². The van der Waals surface area contributed by atoms with Crippen molar-refractivity contribution in [2.75, 3.05) is 6.61 Å². The molecule has 2 amide bonds. The highest BCUT2D eigenvalue weighted by molar-refractivity contribution is 5.95. The zero-order valence-corrected chi connectivity index (χ0v) is 14.0. The highest BCUT2D eigenvalue weighted by Crippen LogP contribution is 2.34. The van der Waals surface area contributed by atoms with Gasteiger partial charge in [-0.1, -0.05) is 6.07 Å². The van der Waals surface area contributed by atoms with Crippen molar-refractivity contribution in [3.63, 3.8) is 0 Å².